The van der Waals surface area contributed by atoms with Crippen molar-refractivity contribution < 1.29 is 63.6 Å². The second kappa shape index (κ2) is 21.2. The SMILES string of the molecule is COc1cccc(CN2C[C@@H](C)N(N=Cc3c4c(O)c5c(O)c(C)c6c(c5c3O)C(=O)[C@@](C)(OC=C[C@H](OC)[C@H](C)[C@H](OC(C)=O)[C@H](C)[C@H](O)[C@H](C)[C@H](O)[C@@H](C)C=CC=C(C)C(=O)N4)O6)[C@@H](C)C2)c1. The fourth-order valence-corrected chi connectivity index (χ4v) is 9.81. The highest BCUT2D eigenvalue weighted by Crippen LogP contribution is 2.55. The lowest BCUT2D eigenvalue weighted by Crippen LogP contribution is -2.54. The Morgan fingerprint density at radius 2 is 1.61 bits per heavy atom. The van der Waals surface area contributed by atoms with Gasteiger partial charge in [-0.15, -0.1) is 0 Å². The molecule has 4 aliphatic heterocycles. The van der Waals surface area contributed by atoms with E-state index in [1.54, 1.807) is 47.0 Å². The first-order valence-electron chi connectivity index (χ1n) is 23.3. The molecule has 3 aromatic carbocycles. The number of fused-ring (bicyclic) bond motifs is 14. The first kappa shape index (κ1) is 52.2. The van der Waals surface area contributed by atoms with Crippen LogP contribution in [0, 0.1) is 30.6 Å². The lowest BCUT2D eigenvalue weighted by atomic mass is 9.78. The number of benzene rings is 3. The number of amides is 1. The van der Waals surface area contributed by atoms with Crippen LogP contribution >= 0.6 is 0 Å². The molecule has 0 spiro atoms. The van der Waals surface area contributed by atoms with Gasteiger partial charge in [0.2, 0.25) is 0 Å². The van der Waals surface area contributed by atoms with Crippen molar-refractivity contribution in [1.82, 2.24) is 9.91 Å². The third-order valence-corrected chi connectivity index (χ3v) is 13.8. The molecule has 1 saturated heterocycles. The number of phenols is 3. The summed E-state index contributed by atoms with van der Waals surface area (Å²) in [5.41, 5.74) is 0.652. The number of methoxy groups -OCH3 is 2. The lowest BCUT2D eigenvalue weighted by Gasteiger charge is -2.42. The van der Waals surface area contributed by atoms with Gasteiger partial charge in [0.15, 0.2) is 5.75 Å². The number of phenolic OH excluding ortho intramolecular Hbond substituents is 3. The molecule has 11 atom stereocenters. The van der Waals surface area contributed by atoms with Crippen molar-refractivity contribution in [2.45, 2.75) is 118 Å². The molecule has 1 fully saturated rings. The first-order valence-corrected chi connectivity index (χ1v) is 23.3. The number of nitrogens with zero attached hydrogens (tertiary/aromatic N) is 3. The summed E-state index contributed by atoms with van der Waals surface area (Å²) in [4.78, 5) is 43.4. The topological polar surface area (TPSA) is 229 Å². The van der Waals surface area contributed by atoms with Gasteiger partial charge in [-0.05, 0) is 51.5 Å². The van der Waals surface area contributed by atoms with Crippen LogP contribution in [0.15, 0.2) is 65.5 Å². The minimum absolute atomic E-state index is 0.0439. The number of nitrogens with one attached hydrogen (secondary N) is 1. The molecule has 0 unspecified atom stereocenters. The average molecular weight is 957 g/mol. The van der Waals surface area contributed by atoms with E-state index in [1.165, 1.54) is 59.4 Å². The maximum absolute atomic E-state index is 14.7. The fourth-order valence-electron chi connectivity index (χ4n) is 9.81. The minimum Gasteiger partial charge on any atom is -0.507 e. The van der Waals surface area contributed by atoms with E-state index in [9.17, 15) is 39.9 Å². The number of hydrogen-bond acceptors (Lipinski definition) is 16. The molecule has 6 N–H and O–H groups in total. The van der Waals surface area contributed by atoms with E-state index in [1.807, 2.05) is 43.1 Å². The Hall–Kier alpha value is -6.14. The molecule has 7 rings (SSSR count). The van der Waals surface area contributed by atoms with E-state index < -0.39 is 88.8 Å². The number of ketones is 1. The van der Waals surface area contributed by atoms with Gasteiger partial charge in [-0.3, -0.25) is 24.3 Å². The Kier molecular flexibility index (Phi) is 16.1. The number of allylic oxidation sites excluding steroid dienone is 2. The van der Waals surface area contributed by atoms with Gasteiger partial charge in [-0.1, -0.05) is 58.1 Å². The number of carbonyl (C=O) groups excluding carboxylic acids is 3. The number of anilines is 1. The van der Waals surface area contributed by atoms with Gasteiger partial charge in [0.05, 0.1) is 72.2 Å². The van der Waals surface area contributed by atoms with Crippen LogP contribution in [-0.2, 0) is 30.3 Å². The molecule has 0 radical (unpaired) electrons. The fraction of sp³-hybridized carbons (Fsp3) is 0.500. The Morgan fingerprint density at radius 1 is 0.928 bits per heavy atom. The number of aliphatic hydroxyl groups is 2. The predicted molar refractivity (Wildman–Crippen MR) is 260 cm³/mol. The van der Waals surface area contributed by atoms with Crippen molar-refractivity contribution in [3.8, 4) is 28.7 Å². The van der Waals surface area contributed by atoms with Crippen LogP contribution in [-0.4, -0.2) is 129 Å². The van der Waals surface area contributed by atoms with Crippen LogP contribution in [0.5, 0.6) is 28.7 Å². The molecule has 0 aliphatic carbocycles. The molecular weight excluding hydrogens is 889 g/mol. The molecule has 17 heteroatoms. The van der Waals surface area contributed by atoms with Crippen molar-refractivity contribution in [3.63, 3.8) is 0 Å². The van der Waals surface area contributed by atoms with Crippen molar-refractivity contribution >= 4 is 40.3 Å². The number of rotatable bonds is 7. The molecule has 69 heavy (non-hydrogen) atoms. The Balaban J connectivity index is 1.47. The average Bonchev–Trinajstić information content (AvgIpc) is 3.57. The van der Waals surface area contributed by atoms with Crippen molar-refractivity contribution in [3.05, 3.63) is 82.7 Å². The van der Waals surface area contributed by atoms with Gasteiger partial charge < -0.3 is 54.5 Å². The van der Waals surface area contributed by atoms with E-state index in [0.29, 0.717) is 19.6 Å². The van der Waals surface area contributed by atoms with Crippen LogP contribution in [0.3, 0.4) is 0 Å². The van der Waals surface area contributed by atoms with Gasteiger partial charge in [0.25, 0.3) is 11.7 Å². The zero-order valence-corrected chi connectivity index (χ0v) is 41.5. The number of carbonyl (C=O) groups is 3. The molecule has 0 saturated carbocycles. The number of aliphatic hydroxyl groups excluding tert-OH is 2. The quantitative estimate of drug-likeness (QED) is 0.0627. The smallest absolute Gasteiger partial charge is 0.312 e. The zero-order valence-electron chi connectivity index (χ0n) is 41.5. The Morgan fingerprint density at radius 3 is 2.25 bits per heavy atom. The normalized spacial score (nSPS) is 29.5. The van der Waals surface area contributed by atoms with Crippen molar-refractivity contribution in [1.29, 1.82) is 0 Å². The summed E-state index contributed by atoms with van der Waals surface area (Å²) in [5.74, 6) is -7.77. The van der Waals surface area contributed by atoms with Crippen molar-refractivity contribution in [2.24, 2.45) is 28.8 Å². The summed E-state index contributed by atoms with van der Waals surface area (Å²) in [6, 6.07) is 7.59. The lowest BCUT2D eigenvalue weighted by molar-refractivity contribution is -0.160. The third kappa shape index (κ3) is 10.6. The molecule has 374 valence electrons. The van der Waals surface area contributed by atoms with Gasteiger partial charge >= 0.3 is 11.8 Å². The summed E-state index contributed by atoms with van der Waals surface area (Å²) >= 11 is 0. The van der Waals surface area contributed by atoms with E-state index in [0.717, 1.165) is 11.3 Å². The standard InChI is InChI=1S/C52H68N4O13/c1-26-15-13-16-27(2)51(64)54-42-37(22-53-56-28(3)23-55(24-29(56)4)25-35-17-14-18-36(21-35)65-11)46(61)39-40(47(42)62)45(60)33(8)49-41(39)50(63)52(10,69-49)67-20-19-38(66-12)30(5)48(68-34(9)57)32(7)44(59)31(6)43(26)58/h13-22,26,28-32,38,43-44,48,58-62H,23-25H2,1-12H3,(H,54,64)/t26-,28-,29+,30-,31+,32+,38-,43+,44+,48-,52-/m0/s1. The summed E-state index contributed by atoms with van der Waals surface area (Å²) in [6.45, 7) is 18.5. The van der Waals surface area contributed by atoms with Gasteiger partial charge in [-0.2, -0.15) is 5.10 Å². The summed E-state index contributed by atoms with van der Waals surface area (Å²) in [6.07, 6.45) is 4.84. The number of hydrazone groups is 1. The number of piperazine rings is 1. The largest absolute Gasteiger partial charge is 0.507 e. The van der Waals surface area contributed by atoms with Crippen LogP contribution in [0.1, 0.15) is 89.4 Å². The summed E-state index contributed by atoms with van der Waals surface area (Å²) in [5, 5.41) is 68.2. The molecule has 4 aliphatic rings. The number of hydrogen-bond donors (Lipinski definition) is 6. The highest BCUT2D eigenvalue weighted by Gasteiger charge is 2.50. The molecule has 17 nitrogen and oxygen atoms in total. The van der Waals surface area contributed by atoms with Gasteiger partial charge in [0.1, 0.15) is 29.1 Å². The van der Waals surface area contributed by atoms with Gasteiger partial charge in [-0.25, -0.2) is 0 Å². The Labute approximate surface area is 403 Å². The number of ether oxygens (including phenoxy) is 5. The molecule has 3 aromatic rings. The predicted octanol–water partition coefficient (Wildman–Crippen LogP) is 6.69. The second-order valence-corrected chi connectivity index (χ2v) is 19.0. The Bertz CT molecular complexity index is 2540. The number of aromatic hydroxyl groups is 3. The molecule has 5 bridgehead atoms. The molecule has 1 amide bonds. The van der Waals surface area contributed by atoms with Gasteiger partial charge in [0, 0.05) is 80.8 Å². The number of Topliss-reactive ketones (excluding diaryl/α,β-unsaturated/α-hetero) is 1. The molecule has 0 aromatic heterocycles. The zero-order chi connectivity index (χ0) is 50.8. The third-order valence-electron chi connectivity index (χ3n) is 13.8. The molecular formula is C52H68N4O13. The van der Waals surface area contributed by atoms with E-state index in [4.69, 9.17) is 28.8 Å². The van der Waals surface area contributed by atoms with Crippen LogP contribution in [0.2, 0.25) is 0 Å². The highest BCUT2D eigenvalue weighted by atomic mass is 16.7. The first-order chi connectivity index (χ1) is 32.5. The maximum Gasteiger partial charge on any atom is 0.312 e. The molecule has 4 heterocycles. The van der Waals surface area contributed by atoms with E-state index >= 15 is 0 Å². The van der Waals surface area contributed by atoms with Crippen LogP contribution in [0.25, 0.3) is 10.8 Å². The minimum atomic E-state index is -2.07. The second-order valence-electron chi connectivity index (χ2n) is 19.0. The highest BCUT2D eigenvalue weighted by molar-refractivity contribution is 6.23. The summed E-state index contributed by atoms with van der Waals surface area (Å²) < 4.78 is 29.2. The van der Waals surface area contributed by atoms with E-state index in [2.05, 4.69) is 10.2 Å². The monoisotopic (exact) mass is 956 g/mol. The summed E-state index contributed by atoms with van der Waals surface area (Å²) in [7, 11) is 3.07. The van der Waals surface area contributed by atoms with Crippen LogP contribution < -0.4 is 14.8 Å². The number of esters is 1. The maximum atomic E-state index is 14.7. The van der Waals surface area contributed by atoms with Crippen molar-refractivity contribution in [2.75, 3.05) is 32.6 Å². The van der Waals surface area contributed by atoms with Crippen LogP contribution in [0.4, 0.5) is 5.69 Å². The van der Waals surface area contributed by atoms with E-state index in [-0.39, 0.29) is 56.6 Å².